The van der Waals surface area contributed by atoms with Crippen molar-refractivity contribution in [2.75, 3.05) is 33.3 Å². The Labute approximate surface area is 142 Å². The molecule has 24 heavy (non-hydrogen) atoms. The van der Waals surface area contributed by atoms with E-state index in [0.29, 0.717) is 0 Å². The fraction of sp³-hybridized carbons (Fsp3) is 0.444. The number of aromatic nitrogens is 2. The number of carbonyl (C=O) groups excluding carboxylic acids is 1. The summed E-state index contributed by atoms with van der Waals surface area (Å²) in [6, 6.07) is 7.97. The molecule has 0 saturated carbocycles. The van der Waals surface area contributed by atoms with Gasteiger partial charge < -0.3 is 14.2 Å². The molecule has 1 atom stereocenters. The van der Waals surface area contributed by atoms with Crippen LogP contribution >= 0.6 is 0 Å². The molecule has 0 unspecified atom stereocenters. The second kappa shape index (κ2) is 7.49. The summed E-state index contributed by atoms with van der Waals surface area (Å²) in [5.74, 6) is 1.04. The van der Waals surface area contributed by atoms with Crippen molar-refractivity contribution >= 4 is 5.91 Å². The molecule has 1 aliphatic heterocycles. The topological polar surface area (TPSA) is 50.6 Å². The minimum atomic E-state index is -0.194. The Balaban J connectivity index is 1.50. The van der Waals surface area contributed by atoms with Crippen LogP contribution in [0.1, 0.15) is 18.5 Å². The van der Waals surface area contributed by atoms with Crippen molar-refractivity contribution in [3.8, 4) is 5.75 Å². The Morgan fingerprint density at radius 2 is 1.92 bits per heavy atom. The lowest BCUT2D eigenvalue weighted by atomic mass is 10.2. The Kier molecular flexibility index (Phi) is 5.15. The number of methoxy groups -OCH3 is 1. The lowest BCUT2D eigenvalue weighted by Crippen LogP contribution is -2.49. The van der Waals surface area contributed by atoms with Gasteiger partial charge in [-0.1, -0.05) is 12.1 Å². The normalized spacial score (nSPS) is 16.8. The number of carbonyl (C=O) groups is 1. The lowest BCUT2D eigenvalue weighted by Gasteiger charge is -2.36. The maximum absolute atomic E-state index is 12.6. The molecular formula is C18H24N4O2. The van der Waals surface area contributed by atoms with E-state index in [4.69, 9.17) is 4.74 Å². The van der Waals surface area contributed by atoms with Crippen molar-refractivity contribution in [1.29, 1.82) is 0 Å². The third-order valence-electron chi connectivity index (χ3n) is 4.58. The molecule has 2 aromatic rings. The van der Waals surface area contributed by atoms with Crippen molar-refractivity contribution in [2.45, 2.75) is 19.5 Å². The molecule has 0 spiro atoms. The largest absolute Gasteiger partial charge is 0.497 e. The van der Waals surface area contributed by atoms with Gasteiger partial charge in [0.15, 0.2) is 0 Å². The van der Waals surface area contributed by atoms with E-state index in [2.05, 4.69) is 22.0 Å². The van der Waals surface area contributed by atoms with E-state index in [1.54, 1.807) is 19.6 Å². The Bertz CT molecular complexity index is 646. The van der Waals surface area contributed by atoms with Crippen molar-refractivity contribution in [3.05, 3.63) is 48.5 Å². The van der Waals surface area contributed by atoms with Gasteiger partial charge in [0.2, 0.25) is 5.91 Å². The first kappa shape index (κ1) is 16.5. The van der Waals surface area contributed by atoms with Crippen molar-refractivity contribution < 1.29 is 9.53 Å². The third kappa shape index (κ3) is 3.76. The van der Waals surface area contributed by atoms with E-state index in [1.165, 1.54) is 5.56 Å². The van der Waals surface area contributed by atoms with Gasteiger partial charge in [-0.15, -0.1) is 0 Å². The minimum absolute atomic E-state index is 0.164. The summed E-state index contributed by atoms with van der Waals surface area (Å²) < 4.78 is 7.04. The highest BCUT2D eigenvalue weighted by molar-refractivity contribution is 5.80. The van der Waals surface area contributed by atoms with Crippen molar-refractivity contribution in [1.82, 2.24) is 19.4 Å². The first-order valence-corrected chi connectivity index (χ1v) is 8.29. The van der Waals surface area contributed by atoms with E-state index < -0.39 is 0 Å². The Morgan fingerprint density at radius 3 is 2.50 bits per heavy atom. The Hall–Kier alpha value is -2.34. The highest BCUT2D eigenvalue weighted by Gasteiger charge is 2.25. The predicted octanol–water partition coefficient (Wildman–Crippen LogP) is 1.80. The molecule has 2 heterocycles. The summed E-state index contributed by atoms with van der Waals surface area (Å²) in [6.45, 7) is 6.17. The molecular weight excluding hydrogens is 304 g/mol. The first-order chi connectivity index (χ1) is 11.7. The number of amides is 1. The minimum Gasteiger partial charge on any atom is -0.497 e. The molecule has 0 aliphatic carbocycles. The molecule has 6 heteroatoms. The van der Waals surface area contributed by atoms with Crippen LogP contribution in [0.15, 0.2) is 43.0 Å². The standard InChI is InChI=1S/C18H24N4O2/c1-15(22-8-7-19-14-22)18(23)21-11-9-20(10-12-21)13-16-3-5-17(24-2)6-4-16/h3-8,14-15H,9-13H2,1-2H3/t15-/m1/s1. The molecule has 1 fully saturated rings. The SMILES string of the molecule is COc1ccc(CN2CCN(C(=O)[C@@H](C)n3ccnc3)CC2)cc1. The fourth-order valence-corrected chi connectivity index (χ4v) is 3.01. The van der Waals surface area contributed by atoms with Crippen molar-refractivity contribution in [3.63, 3.8) is 0 Å². The molecule has 1 aromatic carbocycles. The molecule has 6 nitrogen and oxygen atoms in total. The number of nitrogens with zero attached hydrogens (tertiary/aromatic N) is 4. The van der Waals surface area contributed by atoms with Crippen LogP contribution in [0, 0.1) is 0 Å². The number of ether oxygens (including phenoxy) is 1. The fourth-order valence-electron chi connectivity index (χ4n) is 3.01. The van der Waals surface area contributed by atoms with E-state index in [0.717, 1.165) is 38.5 Å². The van der Waals surface area contributed by atoms with E-state index in [9.17, 15) is 4.79 Å². The predicted molar refractivity (Wildman–Crippen MR) is 91.8 cm³/mol. The van der Waals surface area contributed by atoms with Crippen LogP contribution in [-0.4, -0.2) is 58.5 Å². The maximum atomic E-state index is 12.6. The van der Waals surface area contributed by atoms with E-state index in [1.807, 2.05) is 34.7 Å². The van der Waals surface area contributed by atoms with Crippen LogP contribution < -0.4 is 4.74 Å². The van der Waals surface area contributed by atoms with Gasteiger partial charge in [0.25, 0.3) is 0 Å². The van der Waals surface area contributed by atoms with Gasteiger partial charge in [-0.25, -0.2) is 4.98 Å². The highest BCUT2D eigenvalue weighted by atomic mass is 16.5. The average molecular weight is 328 g/mol. The summed E-state index contributed by atoms with van der Waals surface area (Å²) in [4.78, 5) is 20.9. The van der Waals surface area contributed by atoms with Gasteiger partial charge in [-0.05, 0) is 24.6 Å². The number of rotatable bonds is 5. The number of hydrogen-bond donors (Lipinski definition) is 0. The quantitative estimate of drug-likeness (QED) is 0.840. The summed E-state index contributed by atoms with van der Waals surface area (Å²) in [5.41, 5.74) is 1.27. The molecule has 0 bridgehead atoms. The molecule has 1 saturated heterocycles. The molecule has 128 valence electrons. The Morgan fingerprint density at radius 1 is 1.21 bits per heavy atom. The van der Waals surface area contributed by atoms with Crippen LogP contribution in [0.2, 0.25) is 0 Å². The van der Waals surface area contributed by atoms with Crippen molar-refractivity contribution in [2.24, 2.45) is 0 Å². The zero-order valence-corrected chi connectivity index (χ0v) is 14.3. The second-order valence-corrected chi connectivity index (χ2v) is 6.14. The summed E-state index contributed by atoms with van der Waals surface area (Å²) in [6.07, 6.45) is 5.24. The van der Waals surface area contributed by atoms with Crippen LogP contribution in [0.25, 0.3) is 0 Å². The number of piperazine rings is 1. The molecule has 1 amide bonds. The summed E-state index contributed by atoms with van der Waals surface area (Å²) >= 11 is 0. The summed E-state index contributed by atoms with van der Waals surface area (Å²) in [5, 5.41) is 0. The highest BCUT2D eigenvalue weighted by Crippen LogP contribution is 2.16. The van der Waals surface area contributed by atoms with E-state index in [-0.39, 0.29) is 11.9 Å². The first-order valence-electron chi connectivity index (χ1n) is 8.29. The van der Waals surface area contributed by atoms with Crippen LogP contribution in [0.4, 0.5) is 0 Å². The average Bonchev–Trinajstić information content (AvgIpc) is 3.16. The molecule has 0 N–H and O–H groups in total. The summed E-state index contributed by atoms with van der Waals surface area (Å²) in [7, 11) is 1.68. The van der Waals surface area contributed by atoms with Crippen LogP contribution in [0.3, 0.4) is 0 Å². The zero-order valence-electron chi connectivity index (χ0n) is 14.3. The van der Waals surface area contributed by atoms with Crippen LogP contribution in [0.5, 0.6) is 5.75 Å². The number of imidazole rings is 1. The van der Waals surface area contributed by atoms with Gasteiger partial charge in [0.05, 0.1) is 13.4 Å². The molecule has 3 rings (SSSR count). The van der Waals surface area contributed by atoms with Gasteiger partial charge in [0.1, 0.15) is 11.8 Å². The van der Waals surface area contributed by atoms with Gasteiger partial charge in [-0.3, -0.25) is 9.69 Å². The van der Waals surface area contributed by atoms with Gasteiger partial charge >= 0.3 is 0 Å². The monoisotopic (exact) mass is 328 g/mol. The molecule has 0 radical (unpaired) electrons. The smallest absolute Gasteiger partial charge is 0.245 e. The number of benzene rings is 1. The molecule has 1 aromatic heterocycles. The third-order valence-corrected chi connectivity index (χ3v) is 4.58. The van der Waals surface area contributed by atoms with Crippen LogP contribution in [-0.2, 0) is 11.3 Å². The lowest BCUT2D eigenvalue weighted by molar-refractivity contribution is -0.136. The maximum Gasteiger partial charge on any atom is 0.245 e. The number of hydrogen-bond acceptors (Lipinski definition) is 4. The zero-order chi connectivity index (χ0) is 16.9. The van der Waals surface area contributed by atoms with Gasteiger partial charge in [-0.2, -0.15) is 0 Å². The van der Waals surface area contributed by atoms with Gasteiger partial charge in [0, 0.05) is 45.1 Å². The molecule has 1 aliphatic rings. The van der Waals surface area contributed by atoms with E-state index >= 15 is 0 Å². The second-order valence-electron chi connectivity index (χ2n) is 6.14.